The molecule has 1 aliphatic carbocycles. The number of hydrogen-bond acceptors (Lipinski definition) is 4. The Hall–Kier alpha value is -2.99. The van der Waals surface area contributed by atoms with Crippen LogP contribution >= 0.6 is 0 Å². The lowest BCUT2D eigenvalue weighted by molar-refractivity contribution is -0.135. The SMILES string of the molecule is CC(=O)c1cc(F)ccc1OCC1CN(C(=O)C2=C(C)c3ccccc3C2)CCO1. The fraction of sp³-hybridized carbons (Fsp3) is 0.333. The number of morpholine rings is 1. The molecule has 1 aliphatic heterocycles. The van der Waals surface area contributed by atoms with E-state index in [4.69, 9.17) is 9.47 Å². The zero-order valence-corrected chi connectivity index (χ0v) is 17.1. The maximum absolute atomic E-state index is 13.4. The molecule has 1 saturated heterocycles. The number of rotatable bonds is 5. The molecule has 2 aromatic carbocycles. The van der Waals surface area contributed by atoms with Crippen LogP contribution in [0, 0.1) is 5.82 Å². The number of allylic oxidation sites excluding steroid dienone is 1. The van der Waals surface area contributed by atoms with Crippen molar-refractivity contribution in [2.45, 2.75) is 26.4 Å². The van der Waals surface area contributed by atoms with E-state index in [0.717, 1.165) is 16.7 Å². The third-order valence-corrected chi connectivity index (χ3v) is 5.67. The maximum Gasteiger partial charge on any atom is 0.250 e. The quantitative estimate of drug-likeness (QED) is 0.708. The number of Topliss-reactive ketones (excluding diaryl/α,β-unsaturated/α-hetero) is 1. The molecule has 1 amide bonds. The summed E-state index contributed by atoms with van der Waals surface area (Å²) in [6, 6.07) is 12.0. The molecule has 1 unspecified atom stereocenters. The standard InChI is InChI=1S/C24H24FNO4/c1-15-20-6-4-3-5-17(20)11-21(15)24(28)26-9-10-29-19(13-26)14-30-23-8-7-18(25)12-22(23)16(2)27/h3-8,12,19H,9-11,13-14H2,1-2H3. The Balaban J connectivity index is 1.42. The number of hydrogen-bond donors (Lipinski definition) is 0. The van der Waals surface area contributed by atoms with Gasteiger partial charge in [0, 0.05) is 18.5 Å². The second-order valence-corrected chi connectivity index (χ2v) is 7.69. The fourth-order valence-electron chi connectivity index (χ4n) is 4.04. The average Bonchev–Trinajstić information content (AvgIpc) is 3.09. The van der Waals surface area contributed by atoms with Gasteiger partial charge in [-0.2, -0.15) is 0 Å². The van der Waals surface area contributed by atoms with E-state index < -0.39 is 5.82 Å². The number of carbonyl (C=O) groups is 2. The molecule has 0 saturated carbocycles. The van der Waals surface area contributed by atoms with Crippen LogP contribution in [0.15, 0.2) is 48.0 Å². The van der Waals surface area contributed by atoms with E-state index >= 15 is 0 Å². The van der Waals surface area contributed by atoms with Crippen molar-refractivity contribution < 1.29 is 23.5 Å². The molecule has 1 atom stereocenters. The number of nitrogens with zero attached hydrogens (tertiary/aromatic N) is 1. The molecule has 5 nitrogen and oxygen atoms in total. The predicted molar refractivity (Wildman–Crippen MR) is 111 cm³/mol. The van der Waals surface area contributed by atoms with E-state index in [-0.39, 0.29) is 30.0 Å². The monoisotopic (exact) mass is 409 g/mol. The Morgan fingerprint density at radius 3 is 2.80 bits per heavy atom. The first kappa shape index (κ1) is 20.3. The molecule has 0 N–H and O–H groups in total. The van der Waals surface area contributed by atoms with Crippen LogP contribution in [0.25, 0.3) is 5.57 Å². The first-order valence-electron chi connectivity index (χ1n) is 10.1. The van der Waals surface area contributed by atoms with Crippen molar-refractivity contribution in [1.29, 1.82) is 0 Å². The lowest BCUT2D eigenvalue weighted by Gasteiger charge is -2.33. The highest BCUT2D eigenvalue weighted by molar-refractivity contribution is 6.03. The van der Waals surface area contributed by atoms with Gasteiger partial charge < -0.3 is 14.4 Å². The largest absolute Gasteiger partial charge is 0.490 e. The van der Waals surface area contributed by atoms with E-state index in [1.165, 1.54) is 30.7 Å². The normalized spacial score (nSPS) is 18.4. The Morgan fingerprint density at radius 2 is 2.03 bits per heavy atom. The topological polar surface area (TPSA) is 55.8 Å². The Labute approximate surface area is 175 Å². The van der Waals surface area contributed by atoms with Crippen molar-refractivity contribution in [3.63, 3.8) is 0 Å². The highest BCUT2D eigenvalue weighted by Gasteiger charge is 2.30. The third-order valence-electron chi connectivity index (χ3n) is 5.67. The molecule has 0 spiro atoms. The minimum atomic E-state index is -0.487. The number of amides is 1. The number of carbonyl (C=O) groups excluding carboxylic acids is 2. The first-order chi connectivity index (χ1) is 14.4. The van der Waals surface area contributed by atoms with Gasteiger partial charge in [0.2, 0.25) is 0 Å². The van der Waals surface area contributed by atoms with E-state index in [2.05, 4.69) is 12.1 Å². The minimum absolute atomic E-state index is 0.0307. The predicted octanol–water partition coefficient (Wildman–Crippen LogP) is 3.66. The first-order valence-corrected chi connectivity index (χ1v) is 10.1. The summed E-state index contributed by atoms with van der Waals surface area (Å²) in [6.45, 7) is 4.89. The number of benzene rings is 2. The van der Waals surface area contributed by atoms with Gasteiger partial charge in [-0.3, -0.25) is 9.59 Å². The second kappa shape index (κ2) is 8.40. The molecule has 4 rings (SSSR count). The Bertz CT molecular complexity index is 1030. The van der Waals surface area contributed by atoms with E-state index in [1.807, 2.05) is 19.1 Å². The van der Waals surface area contributed by atoms with E-state index in [0.29, 0.717) is 31.9 Å². The van der Waals surface area contributed by atoms with Gasteiger partial charge in [-0.1, -0.05) is 24.3 Å². The summed E-state index contributed by atoms with van der Waals surface area (Å²) in [7, 11) is 0. The molecule has 2 aromatic rings. The van der Waals surface area contributed by atoms with Crippen molar-refractivity contribution in [1.82, 2.24) is 4.90 Å². The third kappa shape index (κ3) is 4.00. The van der Waals surface area contributed by atoms with Crippen LogP contribution in [-0.4, -0.2) is 49.0 Å². The van der Waals surface area contributed by atoms with Crippen LogP contribution in [0.2, 0.25) is 0 Å². The number of ketones is 1. The van der Waals surface area contributed by atoms with Crippen LogP contribution in [-0.2, 0) is 16.0 Å². The molecule has 0 radical (unpaired) electrons. The number of ether oxygens (including phenoxy) is 2. The molecular formula is C24H24FNO4. The number of halogens is 1. The zero-order chi connectivity index (χ0) is 21.3. The van der Waals surface area contributed by atoms with Gasteiger partial charge in [0.1, 0.15) is 24.3 Å². The minimum Gasteiger partial charge on any atom is -0.490 e. The molecule has 156 valence electrons. The van der Waals surface area contributed by atoms with Crippen molar-refractivity contribution >= 4 is 17.3 Å². The van der Waals surface area contributed by atoms with Gasteiger partial charge in [0.25, 0.3) is 5.91 Å². The Morgan fingerprint density at radius 1 is 1.23 bits per heavy atom. The smallest absolute Gasteiger partial charge is 0.250 e. The van der Waals surface area contributed by atoms with Gasteiger partial charge in [-0.15, -0.1) is 0 Å². The molecule has 0 bridgehead atoms. The van der Waals surface area contributed by atoms with Crippen molar-refractivity contribution in [3.05, 3.63) is 70.5 Å². The van der Waals surface area contributed by atoms with Gasteiger partial charge in [0.15, 0.2) is 5.78 Å². The van der Waals surface area contributed by atoms with Crippen LogP contribution < -0.4 is 4.74 Å². The maximum atomic E-state index is 13.4. The van der Waals surface area contributed by atoms with E-state index in [9.17, 15) is 14.0 Å². The molecule has 2 aliphatic rings. The highest BCUT2D eigenvalue weighted by Crippen LogP contribution is 2.33. The second-order valence-electron chi connectivity index (χ2n) is 7.69. The molecule has 1 heterocycles. The summed E-state index contributed by atoms with van der Waals surface area (Å²) in [5.41, 5.74) is 4.38. The van der Waals surface area contributed by atoms with Gasteiger partial charge in [0.05, 0.1) is 18.7 Å². The molecular weight excluding hydrogens is 385 g/mol. The van der Waals surface area contributed by atoms with Crippen LogP contribution in [0.4, 0.5) is 4.39 Å². The van der Waals surface area contributed by atoms with Crippen molar-refractivity contribution in [3.8, 4) is 5.75 Å². The van der Waals surface area contributed by atoms with Crippen LogP contribution in [0.3, 0.4) is 0 Å². The zero-order valence-electron chi connectivity index (χ0n) is 17.1. The summed E-state index contributed by atoms with van der Waals surface area (Å²) in [5.74, 6) is -0.405. The molecule has 30 heavy (non-hydrogen) atoms. The van der Waals surface area contributed by atoms with Gasteiger partial charge in [-0.25, -0.2) is 4.39 Å². The number of fused-ring (bicyclic) bond motifs is 1. The summed E-state index contributed by atoms with van der Waals surface area (Å²) in [6.07, 6.45) is 0.328. The average molecular weight is 409 g/mol. The van der Waals surface area contributed by atoms with E-state index in [1.54, 1.807) is 4.90 Å². The van der Waals surface area contributed by atoms with Crippen LogP contribution in [0.1, 0.15) is 35.3 Å². The van der Waals surface area contributed by atoms with Crippen LogP contribution in [0.5, 0.6) is 5.75 Å². The fourth-order valence-corrected chi connectivity index (χ4v) is 4.04. The van der Waals surface area contributed by atoms with Gasteiger partial charge >= 0.3 is 0 Å². The molecule has 1 fully saturated rings. The Kier molecular flexibility index (Phi) is 5.68. The molecule has 0 aromatic heterocycles. The lowest BCUT2D eigenvalue weighted by atomic mass is 10.1. The van der Waals surface area contributed by atoms with Crippen molar-refractivity contribution in [2.75, 3.05) is 26.3 Å². The summed E-state index contributed by atoms with van der Waals surface area (Å²) < 4.78 is 25.0. The lowest BCUT2D eigenvalue weighted by Crippen LogP contribution is -2.48. The highest BCUT2D eigenvalue weighted by atomic mass is 19.1. The summed E-state index contributed by atoms with van der Waals surface area (Å²) in [4.78, 5) is 26.7. The summed E-state index contributed by atoms with van der Waals surface area (Å²) >= 11 is 0. The molecule has 6 heteroatoms. The summed E-state index contributed by atoms with van der Waals surface area (Å²) in [5, 5.41) is 0. The van der Waals surface area contributed by atoms with Gasteiger partial charge in [-0.05, 0) is 48.7 Å². The van der Waals surface area contributed by atoms with Crippen molar-refractivity contribution in [2.24, 2.45) is 0 Å².